The number of carboxylic acid groups (broad SMARTS) is 2. The number of halogens is 6. The number of aromatic nitrogens is 1. The summed E-state index contributed by atoms with van der Waals surface area (Å²) >= 11 is 1.19. The van der Waals surface area contributed by atoms with Gasteiger partial charge in [-0.15, -0.1) is 11.3 Å². The number of nitrogens with two attached hydrogens (primary N) is 2. The number of nitrogens with zero attached hydrogens (tertiary/aromatic N) is 4. The van der Waals surface area contributed by atoms with E-state index in [0.29, 0.717) is 43.8 Å². The van der Waals surface area contributed by atoms with Crippen LogP contribution in [0.25, 0.3) is 0 Å². The highest BCUT2D eigenvalue weighted by atomic mass is 32.1. The number of aryl methyl sites for hydroxylation is 1. The third kappa shape index (κ3) is 16.7. The largest absolute Gasteiger partial charge is 0.490 e. The minimum Gasteiger partial charge on any atom is -0.475 e. The molecule has 22 heteroatoms. The van der Waals surface area contributed by atoms with Crippen LogP contribution in [0.5, 0.6) is 0 Å². The van der Waals surface area contributed by atoms with E-state index in [1.807, 2.05) is 30.3 Å². The number of aliphatic imine (C=N–C) groups is 1. The van der Waals surface area contributed by atoms with E-state index in [1.165, 1.54) is 27.3 Å². The lowest BCUT2D eigenvalue weighted by Gasteiger charge is -2.34. The summed E-state index contributed by atoms with van der Waals surface area (Å²) in [6, 6.07) is 8.88. The third-order valence-corrected chi connectivity index (χ3v) is 6.99. The summed E-state index contributed by atoms with van der Waals surface area (Å²) in [7, 11) is 0. The Balaban J connectivity index is 0.000000748. The van der Waals surface area contributed by atoms with Gasteiger partial charge in [0.05, 0.1) is 19.1 Å². The molecule has 3 rings (SSSR count). The van der Waals surface area contributed by atoms with Crippen LogP contribution in [0.15, 0.2) is 46.9 Å². The maximum absolute atomic E-state index is 12.8. The number of carbonyl (C=O) groups is 6. The maximum Gasteiger partial charge on any atom is 0.490 e. The van der Waals surface area contributed by atoms with Crippen molar-refractivity contribution in [2.75, 3.05) is 32.7 Å². The van der Waals surface area contributed by atoms with Gasteiger partial charge in [-0.2, -0.15) is 26.3 Å². The van der Waals surface area contributed by atoms with Gasteiger partial charge in [0.25, 0.3) is 0 Å². The summed E-state index contributed by atoms with van der Waals surface area (Å²) in [5.41, 5.74) is 11.7. The molecule has 0 aliphatic carbocycles. The van der Waals surface area contributed by atoms with Gasteiger partial charge in [0.2, 0.25) is 23.5 Å². The molecule has 50 heavy (non-hydrogen) atoms. The van der Waals surface area contributed by atoms with Crippen LogP contribution in [0.2, 0.25) is 0 Å². The summed E-state index contributed by atoms with van der Waals surface area (Å²) in [6.07, 6.45) is -6.93. The van der Waals surface area contributed by atoms with E-state index in [1.54, 1.807) is 5.38 Å². The molecule has 276 valence electrons. The van der Waals surface area contributed by atoms with Gasteiger partial charge in [-0.05, 0) is 24.8 Å². The molecule has 0 bridgehead atoms. The highest BCUT2D eigenvalue weighted by molar-refractivity contribution is 7.11. The average Bonchev–Trinajstić information content (AvgIpc) is 3.57. The number of aliphatic carboxylic acids is 2. The third-order valence-electron chi connectivity index (χ3n) is 6.20. The molecular weight excluding hydrogens is 708 g/mol. The topological polar surface area (TPSA) is 239 Å². The SMILES string of the molecule is NC(N)=NCCCC(NC(=O)CN1CCN(C(=O)CCc2ccccc2)CC1=O)C(=O)c1nccs1.O=C(O)C(F)(F)F.O=C(O)C(F)(F)F. The van der Waals surface area contributed by atoms with Crippen LogP contribution in [0, 0.1) is 0 Å². The summed E-state index contributed by atoms with van der Waals surface area (Å²) in [5, 5.41) is 19.0. The van der Waals surface area contributed by atoms with Gasteiger partial charge in [-0.1, -0.05) is 30.3 Å². The zero-order valence-electron chi connectivity index (χ0n) is 25.9. The Morgan fingerprint density at radius 2 is 1.56 bits per heavy atom. The van der Waals surface area contributed by atoms with Crippen molar-refractivity contribution in [2.24, 2.45) is 16.5 Å². The molecule has 7 N–H and O–H groups in total. The molecule has 0 saturated carbocycles. The van der Waals surface area contributed by atoms with Gasteiger partial charge in [0, 0.05) is 37.6 Å². The highest BCUT2D eigenvalue weighted by Crippen LogP contribution is 2.15. The van der Waals surface area contributed by atoms with Gasteiger partial charge in [-0.25, -0.2) is 14.6 Å². The molecule has 1 aliphatic heterocycles. The molecule has 1 aromatic carbocycles. The van der Waals surface area contributed by atoms with Crippen molar-refractivity contribution in [3.8, 4) is 0 Å². The number of piperazine rings is 1. The molecule has 0 radical (unpaired) electrons. The first kappa shape index (κ1) is 42.7. The van der Waals surface area contributed by atoms with Crippen molar-refractivity contribution in [3.63, 3.8) is 0 Å². The van der Waals surface area contributed by atoms with Crippen LogP contribution in [-0.4, -0.2) is 118 Å². The highest BCUT2D eigenvalue weighted by Gasteiger charge is 2.39. The normalized spacial score (nSPS) is 13.4. The number of carboxylic acids is 2. The number of carbonyl (C=O) groups excluding carboxylic acids is 4. The lowest BCUT2D eigenvalue weighted by atomic mass is 10.1. The van der Waals surface area contributed by atoms with Gasteiger partial charge in [-0.3, -0.25) is 24.2 Å². The van der Waals surface area contributed by atoms with Crippen LogP contribution < -0.4 is 16.8 Å². The summed E-state index contributed by atoms with van der Waals surface area (Å²) in [5.74, 6) is -6.71. The summed E-state index contributed by atoms with van der Waals surface area (Å²) < 4.78 is 63.5. The smallest absolute Gasteiger partial charge is 0.475 e. The molecule has 2 aromatic rings. The number of ketones is 1. The van der Waals surface area contributed by atoms with Crippen LogP contribution in [0.4, 0.5) is 26.3 Å². The van der Waals surface area contributed by atoms with Crippen molar-refractivity contribution < 1.29 is 65.3 Å². The van der Waals surface area contributed by atoms with Crippen molar-refractivity contribution in [2.45, 2.75) is 44.1 Å². The number of guanidine groups is 1. The Morgan fingerprint density at radius 3 is 2.04 bits per heavy atom. The van der Waals surface area contributed by atoms with Crippen LogP contribution in [0.3, 0.4) is 0 Å². The number of hydrogen-bond acceptors (Lipinski definition) is 9. The number of thiazole rings is 1. The molecule has 1 unspecified atom stereocenters. The molecule has 1 aromatic heterocycles. The van der Waals surface area contributed by atoms with Crippen molar-refractivity contribution in [1.82, 2.24) is 20.1 Å². The molecule has 3 amide bonds. The summed E-state index contributed by atoms with van der Waals surface area (Å²) in [4.78, 5) is 79.4. The predicted molar refractivity (Wildman–Crippen MR) is 164 cm³/mol. The quantitative estimate of drug-likeness (QED) is 0.0686. The molecule has 1 fully saturated rings. The molecule has 1 saturated heterocycles. The first-order chi connectivity index (χ1) is 23.2. The second-order valence-corrected chi connectivity index (χ2v) is 10.9. The number of hydrogen-bond donors (Lipinski definition) is 5. The van der Waals surface area contributed by atoms with E-state index >= 15 is 0 Å². The number of rotatable bonds is 12. The molecule has 1 aliphatic rings. The van der Waals surface area contributed by atoms with E-state index < -0.39 is 36.2 Å². The first-order valence-electron chi connectivity index (χ1n) is 14.2. The van der Waals surface area contributed by atoms with Gasteiger partial charge >= 0.3 is 24.3 Å². The van der Waals surface area contributed by atoms with Gasteiger partial charge in [0.15, 0.2) is 11.0 Å². The van der Waals surface area contributed by atoms with Crippen LogP contribution >= 0.6 is 11.3 Å². The van der Waals surface area contributed by atoms with E-state index in [2.05, 4.69) is 15.3 Å². The van der Waals surface area contributed by atoms with Crippen LogP contribution in [-0.2, 0) is 30.4 Å². The maximum atomic E-state index is 12.8. The minimum absolute atomic E-state index is 0.0435. The lowest BCUT2D eigenvalue weighted by molar-refractivity contribution is -0.193. The second-order valence-electron chi connectivity index (χ2n) is 9.99. The molecule has 2 heterocycles. The number of nitrogens with one attached hydrogen (secondary N) is 1. The van der Waals surface area contributed by atoms with E-state index in [9.17, 15) is 45.5 Å². The van der Waals surface area contributed by atoms with Crippen molar-refractivity contribution >= 4 is 52.7 Å². The number of alkyl halides is 6. The van der Waals surface area contributed by atoms with E-state index in [4.69, 9.17) is 31.3 Å². The monoisotopic (exact) mass is 741 g/mol. The fourth-order valence-electron chi connectivity index (χ4n) is 3.82. The lowest BCUT2D eigenvalue weighted by Crippen LogP contribution is -2.55. The van der Waals surface area contributed by atoms with E-state index in [-0.39, 0.29) is 43.2 Å². The number of benzene rings is 1. The first-order valence-corrected chi connectivity index (χ1v) is 15.1. The molecule has 0 spiro atoms. The molecular formula is C28H33F6N7O8S. The minimum atomic E-state index is -5.08. The Bertz CT molecular complexity index is 1450. The predicted octanol–water partition coefficient (Wildman–Crippen LogP) is 1.43. The fourth-order valence-corrected chi connectivity index (χ4v) is 4.45. The standard InChI is InChI=1S/C24H31N7O4S.2C2HF3O2/c25-24(26)28-10-4-7-18(22(35)23-27-11-14-36-23)29-19(32)15-30-12-13-31(16-21(30)34)20(33)9-8-17-5-2-1-3-6-17;2*3-2(4,5)1(6)7/h1-3,5-6,11,14,18H,4,7-10,12-13,15-16H2,(H,29,32)(H4,25,26,28);2*(H,6,7). The molecule has 15 nitrogen and oxygen atoms in total. The van der Waals surface area contributed by atoms with Crippen molar-refractivity contribution in [3.05, 3.63) is 52.5 Å². The van der Waals surface area contributed by atoms with Gasteiger partial charge < -0.3 is 36.8 Å². The Labute approximate surface area is 283 Å². The molecule has 1 atom stereocenters. The Morgan fingerprint density at radius 1 is 0.980 bits per heavy atom. The zero-order chi connectivity index (χ0) is 38.1. The van der Waals surface area contributed by atoms with E-state index in [0.717, 1.165) is 5.56 Å². The van der Waals surface area contributed by atoms with Crippen LogP contribution in [0.1, 0.15) is 34.6 Å². The Hall–Kier alpha value is -5.28. The zero-order valence-corrected chi connectivity index (χ0v) is 26.8. The van der Waals surface area contributed by atoms with Gasteiger partial charge in [0.1, 0.15) is 0 Å². The summed E-state index contributed by atoms with van der Waals surface area (Å²) in [6.45, 7) is 0.658. The number of Topliss-reactive ketones (excluding diaryl/α,β-unsaturated/α-hetero) is 1. The number of amides is 3. The average molecular weight is 742 g/mol. The second kappa shape index (κ2) is 20.3. The Kier molecular flexibility index (Phi) is 17.3. The fraction of sp³-hybridized carbons (Fsp3) is 0.429. The van der Waals surface area contributed by atoms with Crippen molar-refractivity contribution in [1.29, 1.82) is 0 Å².